The van der Waals surface area contributed by atoms with Crippen molar-refractivity contribution in [2.24, 2.45) is 10.7 Å². The van der Waals surface area contributed by atoms with Gasteiger partial charge in [0.2, 0.25) is 0 Å². The van der Waals surface area contributed by atoms with Gasteiger partial charge in [-0.25, -0.2) is 4.39 Å². The summed E-state index contributed by atoms with van der Waals surface area (Å²) < 4.78 is 23.5. The number of nitrogens with one attached hydrogen (secondary N) is 1. The van der Waals surface area contributed by atoms with Crippen LogP contribution < -0.4 is 20.5 Å². The molecule has 0 spiro atoms. The highest BCUT2D eigenvalue weighted by atomic mass is 19.1. The van der Waals surface area contributed by atoms with Crippen LogP contribution in [0.4, 0.5) is 10.1 Å². The molecule has 24 heavy (non-hydrogen) atoms. The molecule has 2 aromatic rings. The summed E-state index contributed by atoms with van der Waals surface area (Å²) in [6.07, 6.45) is 0.695. The van der Waals surface area contributed by atoms with Gasteiger partial charge in [0.1, 0.15) is 5.82 Å². The van der Waals surface area contributed by atoms with E-state index >= 15 is 0 Å². The minimum atomic E-state index is -0.227. The topological polar surface area (TPSA) is 68.9 Å². The molecule has 0 aliphatic rings. The molecule has 0 heterocycles. The van der Waals surface area contributed by atoms with Crippen molar-refractivity contribution in [2.75, 3.05) is 26.1 Å². The van der Waals surface area contributed by atoms with Crippen LogP contribution in [0.1, 0.15) is 11.1 Å². The quantitative estimate of drug-likeness (QED) is 0.630. The molecule has 2 rings (SSSR count). The lowest BCUT2D eigenvalue weighted by atomic mass is 10.1. The van der Waals surface area contributed by atoms with Gasteiger partial charge in [0.05, 0.1) is 14.2 Å². The highest BCUT2D eigenvalue weighted by molar-refractivity contribution is 5.92. The maximum atomic E-state index is 13.1. The number of rotatable bonds is 6. The van der Waals surface area contributed by atoms with Crippen LogP contribution in [0.2, 0.25) is 0 Å². The molecule has 0 aliphatic carbocycles. The largest absolute Gasteiger partial charge is 0.493 e. The van der Waals surface area contributed by atoms with Gasteiger partial charge < -0.3 is 20.5 Å². The van der Waals surface area contributed by atoms with Crippen LogP contribution in [0.25, 0.3) is 0 Å². The van der Waals surface area contributed by atoms with Crippen molar-refractivity contribution in [3.8, 4) is 11.5 Å². The predicted octanol–water partition coefficient (Wildman–Crippen LogP) is 3.12. The third-order valence-corrected chi connectivity index (χ3v) is 3.62. The van der Waals surface area contributed by atoms with Crippen molar-refractivity contribution in [3.05, 3.63) is 53.3 Å². The van der Waals surface area contributed by atoms with Crippen LogP contribution >= 0.6 is 0 Å². The number of nitrogens with two attached hydrogens (primary N) is 1. The highest BCUT2D eigenvalue weighted by Crippen LogP contribution is 2.29. The van der Waals surface area contributed by atoms with Crippen molar-refractivity contribution >= 4 is 11.6 Å². The number of benzene rings is 2. The molecule has 0 amide bonds. The van der Waals surface area contributed by atoms with Crippen LogP contribution in [-0.2, 0) is 6.42 Å². The second kappa shape index (κ2) is 8.19. The standard InChI is InChI=1S/C18H22FN3O2/c1-12-10-14(19)5-4-13(12)8-9-21-18(20)22-15-6-7-16(23-2)17(11-15)24-3/h4-7,10-11H,8-9H2,1-3H3,(H3,20,21,22). The maximum Gasteiger partial charge on any atom is 0.193 e. The summed E-state index contributed by atoms with van der Waals surface area (Å²) in [5.74, 6) is 1.33. The Kier molecular flexibility index (Phi) is 6.01. The van der Waals surface area contributed by atoms with Gasteiger partial charge >= 0.3 is 0 Å². The van der Waals surface area contributed by atoms with Gasteiger partial charge in [-0.3, -0.25) is 4.99 Å². The lowest BCUT2D eigenvalue weighted by Gasteiger charge is -2.11. The second-order valence-corrected chi connectivity index (χ2v) is 5.28. The van der Waals surface area contributed by atoms with Crippen molar-refractivity contribution in [3.63, 3.8) is 0 Å². The van der Waals surface area contributed by atoms with Crippen LogP contribution in [0.5, 0.6) is 11.5 Å². The fourth-order valence-corrected chi connectivity index (χ4v) is 2.34. The Hall–Kier alpha value is -2.76. The van der Waals surface area contributed by atoms with Gasteiger partial charge in [-0.2, -0.15) is 0 Å². The van der Waals surface area contributed by atoms with E-state index in [0.717, 1.165) is 16.8 Å². The summed E-state index contributed by atoms with van der Waals surface area (Å²) in [7, 11) is 3.16. The molecule has 0 saturated heterocycles. The Balaban J connectivity index is 1.96. The van der Waals surface area contributed by atoms with Gasteiger partial charge in [0.25, 0.3) is 0 Å². The molecule has 0 bridgehead atoms. The van der Waals surface area contributed by atoms with Gasteiger partial charge in [-0.1, -0.05) is 6.07 Å². The first-order valence-corrected chi connectivity index (χ1v) is 7.57. The van der Waals surface area contributed by atoms with Crippen LogP contribution in [0.15, 0.2) is 41.4 Å². The molecule has 3 N–H and O–H groups in total. The van der Waals surface area contributed by atoms with Crippen LogP contribution in [0.3, 0.4) is 0 Å². The first-order chi connectivity index (χ1) is 11.5. The Morgan fingerprint density at radius 3 is 2.54 bits per heavy atom. The maximum absolute atomic E-state index is 13.1. The van der Waals surface area contributed by atoms with Crippen molar-refractivity contribution in [1.82, 2.24) is 0 Å². The van der Waals surface area contributed by atoms with E-state index in [-0.39, 0.29) is 5.82 Å². The number of methoxy groups -OCH3 is 2. The van der Waals surface area contributed by atoms with E-state index in [1.807, 2.05) is 13.0 Å². The summed E-state index contributed by atoms with van der Waals surface area (Å²) in [6.45, 7) is 2.39. The number of hydrogen-bond donors (Lipinski definition) is 2. The summed E-state index contributed by atoms with van der Waals surface area (Å²) in [5, 5.41) is 3.01. The zero-order chi connectivity index (χ0) is 17.5. The first kappa shape index (κ1) is 17.6. The fourth-order valence-electron chi connectivity index (χ4n) is 2.34. The molecule has 0 saturated carbocycles. The van der Waals surface area contributed by atoms with Gasteiger partial charge in [0.15, 0.2) is 17.5 Å². The van der Waals surface area contributed by atoms with E-state index in [2.05, 4.69) is 10.3 Å². The minimum Gasteiger partial charge on any atom is -0.493 e. The van der Waals surface area contributed by atoms with Gasteiger partial charge in [-0.15, -0.1) is 0 Å². The van der Waals surface area contributed by atoms with Crippen LogP contribution in [-0.4, -0.2) is 26.7 Å². The third kappa shape index (κ3) is 4.62. The SMILES string of the molecule is COc1ccc(NC(N)=NCCc2ccc(F)cc2C)cc1OC. The van der Waals surface area contributed by atoms with E-state index in [9.17, 15) is 4.39 Å². The Labute approximate surface area is 141 Å². The molecule has 128 valence electrons. The summed E-state index contributed by atoms with van der Waals surface area (Å²) >= 11 is 0. The van der Waals surface area contributed by atoms with E-state index in [0.29, 0.717) is 30.4 Å². The number of aliphatic imine (C=N–C) groups is 1. The molecule has 0 radical (unpaired) electrons. The Bertz CT molecular complexity index is 732. The molecular weight excluding hydrogens is 309 g/mol. The van der Waals surface area contributed by atoms with Crippen LogP contribution in [0, 0.1) is 12.7 Å². The number of anilines is 1. The Morgan fingerprint density at radius 2 is 1.88 bits per heavy atom. The number of nitrogens with zero attached hydrogens (tertiary/aromatic N) is 1. The summed E-state index contributed by atoms with van der Waals surface area (Å²) in [5.41, 5.74) is 8.63. The van der Waals surface area contributed by atoms with Crippen molar-refractivity contribution in [2.45, 2.75) is 13.3 Å². The summed E-state index contributed by atoms with van der Waals surface area (Å²) in [6, 6.07) is 10.1. The smallest absolute Gasteiger partial charge is 0.193 e. The first-order valence-electron chi connectivity index (χ1n) is 7.57. The van der Waals surface area contributed by atoms with Gasteiger partial charge in [-0.05, 0) is 48.7 Å². The number of hydrogen-bond acceptors (Lipinski definition) is 3. The minimum absolute atomic E-state index is 0.227. The average molecular weight is 331 g/mol. The Morgan fingerprint density at radius 1 is 1.12 bits per heavy atom. The average Bonchev–Trinajstić information content (AvgIpc) is 2.56. The second-order valence-electron chi connectivity index (χ2n) is 5.28. The number of guanidine groups is 1. The zero-order valence-electron chi connectivity index (χ0n) is 14.1. The lowest BCUT2D eigenvalue weighted by Crippen LogP contribution is -2.23. The van der Waals surface area contributed by atoms with Crippen molar-refractivity contribution < 1.29 is 13.9 Å². The van der Waals surface area contributed by atoms with Gasteiger partial charge in [0, 0.05) is 18.3 Å². The molecule has 6 heteroatoms. The van der Waals surface area contributed by atoms with E-state index in [1.165, 1.54) is 12.1 Å². The number of halogens is 1. The third-order valence-electron chi connectivity index (χ3n) is 3.62. The van der Waals surface area contributed by atoms with E-state index in [1.54, 1.807) is 32.4 Å². The predicted molar refractivity (Wildman–Crippen MR) is 94.5 cm³/mol. The fraction of sp³-hybridized carbons (Fsp3) is 0.278. The molecule has 0 aromatic heterocycles. The van der Waals surface area contributed by atoms with E-state index in [4.69, 9.17) is 15.2 Å². The summed E-state index contributed by atoms with van der Waals surface area (Å²) in [4.78, 5) is 4.29. The number of ether oxygens (including phenoxy) is 2. The molecule has 0 atom stereocenters. The normalized spacial score (nSPS) is 11.2. The molecule has 5 nitrogen and oxygen atoms in total. The highest BCUT2D eigenvalue weighted by Gasteiger charge is 2.05. The molecule has 0 aliphatic heterocycles. The number of aryl methyl sites for hydroxylation is 1. The molecule has 2 aromatic carbocycles. The van der Waals surface area contributed by atoms with Crippen molar-refractivity contribution in [1.29, 1.82) is 0 Å². The molecule has 0 fully saturated rings. The molecular formula is C18H22FN3O2. The zero-order valence-corrected chi connectivity index (χ0v) is 14.1. The van der Waals surface area contributed by atoms with E-state index < -0.39 is 0 Å². The molecule has 0 unspecified atom stereocenters. The lowest BCUT2D eigenvalue weighted by molar-refractivity contribution is 0.355. The monoisotopic (exact) mass is 331 g/mol.